The number of rotatable bonds is 3. The van der Waals surface area contributed by atoms with Crippen LogP contribution in [0.25, 0.3) is 12.2 Å². The van der Waals surface area contributed by atoms with Crippen molar-refractivity contribution in [2.24, 2.45) is 0 Å². The largest absolute Gasteiger partial charge is 0.442 e. The molecule has 0 fully saturated rings. The van der Waals surface area contributed by atoms with Gasteiger partial charge in [-0.1, -0.05) is 23.7 Å². The van der Waals surface area contributed by atoms with E-state index in [1.165, 1.54) is 0 Å². The van der Waals surface area contributed by atoms with Crippen molar-refractivity contribution in [1.82, 2.24) is 4.98 Å². The topological polar surface area (TPSA) is 46.3 Å². The van der Waals surface area contributed by atoms with Crippen molar-refractivity contribution < 1.29 is 9.52 Å². The Bertz CT molecular complexity index is 529. The van der Waals surface area contributed by atoms with Crippen LogP contribution in [-0.4, -0.2) is 10.1 Å². The summed E-state index contributed by atoms with van der Waals surface area (Å²) in [5.74, 6) is 1.13. The molecule has 1 aromatic heterocycles. The molecule has 0 spiro atoms. The molecular formula is C13H12ClNO2. The van der Waals surface area contributed by atoms with Gasteiger partial charge in [-0.15, -0.1) is 0 Å². The summed E-state index contributed by atoms with van der Waals surface area (Å²) in [6, 6.07) is 7.45. The average molecular weight is 250 g/mol. The Hall–Kier alpha value is -1.58. The van der Waals surface area contributed by atoms with Gasteiger partial charge >= 0.3 is 0 Å². The second kappa shape index (κ2) is 5.17. The van der Waals surface area contributed by atoms with Crippen molar-refractivity contribution in [2.75, 3.05) is 0 Å². The molecule has 0 aliphatic carbocycles. The maximum absolute atomic E-state index is 8.99. The predicted molar refractivity (Wildman–Crippen MR) is 67.5 cm³/mol. The maximum Gasteiger partial charge on any atom is 0.219 e. The lowest BCUT2D eigenvalue weighted by atomic mass is 10.2. The fourth-order valence-corrected chi connectivity index (χ4v) is 1.54. The van der Waals surface area contributed by atoms with Crippen LogP contribution in [0.2, 0.25) is 5.02 Å². The number of benzene rings is 1. The monoisotopic (exact) mass is 249 g/mol. The van der Waals surface area contributed by atoms with Crippen LogP contribution in [0.4, 0.5) is 0 Å². The van der Waals surface area contributed by atoms with Crippen molar-refractivity contribution in [2.45, 2.75) is 13.5 Å². The summed E-state index contributed by atoms with van der Waals surface area (Å²) in [6.07, 6.45) is 3.64. The first kappa shape index (κ1) is 11.9. The smallest absolute Gasteiger partial charge is 0.219 e. The van der Waals surface area contributed by atoms with Gasteiger partial charge in [0.1, 0.15) is 11.5 Å². The minimum absolute atomic E-state index is 0.107. The number of aliphatic hydroxyl groups is 1. The minimum Gasteiger partial charge on any atom is -0.442 e. The van der Waals surface area contributed by atoms with Crippen LogP contribution in [0.1, 0.15) is 22.9 Å². The molecule has 0 amide bonds. The Morgan fingerprint density at radius 1 is 1.29 bits per heavy atom. The molecule has 0 saturated heterocycles. The number of nitrogens with zero attached hydrogens (tertiary/aromatic N) is 1. The van der Waals surface area contributed by atoms with E-state index < -0.39 is 0 Å². The standard InChI is InChI=1S/C13H12ClNO2/c1-9-12(8-16)15-13(17-9)7-4-10-2-5-11(14)6-3-10/h2-7,16H,8H2,1H3. The van der Waals surface area contributed by atoms with Crippen molar-refractivity contribution in [3.05, 3.63) is 52.2 Å². The van der Waals surface area contributed by atoms with Crippen LogP contribution in [0.15, 0.2) is 28.7 Å². The second-order valence-electron chi connectivity index (χ2n) is 3.60. The Morgan fingerprint density at radius 3 is 2.59 bits per heavy atom. The molecule has 3 nitrogen and oxygen atoms in total. The molecule has 0 aliphatic heterocycles. The van der Waals surface area contributed by atoms with Gasteiger partial charge in [0.15, 0.2) is 0 Å². The zero-order chi connectivity index (χ0) is 12.3. The van der Waals surface area contributed by atoms with E-state index >= 15 is 0 Å². The van der Waals surface area contributed by atoms with Crippen LogP contribution >= 0.6 is 11.6 Å². The molecule has 2 aromatic rings. The van der Waals surface area contributed by atoms with E-state index in [-0.39, 0.29) is 6.61 Å². The van der Waals surface area contributed by atoms with Crippen LogP contribution < -0.4 is 0 Å². The molecular weight excluding hydrogens is 238 g/mol. The van der Waals surface area contributed by atoms with Crippen molar-refractivity contribution in [3.63, 3.8) is 0 Å². The van der Waals surface area contributed by atoms with Crippen molar-refractivity contribution >= 4 is 23.8 Å². The third-order valence-electron chi connectivity index (χ3n) is 2.35. The fraction of sp³-hybridized carbons (Fsp3) is 0.154. The Balaban J connectivity index is 2.17. The number of hydrogen-bond acceptors (Lipinski definition) is 3. The average Bonchev–Trinajstić information content (AvgIpc) is 2.69. The highest BCUT2D eigenvalue weighted by molar-refractivity contribution is 6.30. The molecule has 2 rings (SSSR count). The Labute approximate surface area is 104 Å². The molecule has 1 heterocycles. The van der Waals surface area contributed by atoms with Crippen LogP contribution in [0, 0.1) is 6.92 Å². The van der Waals surface area contributed by atoms with Crippen LogP contribution in [0.5, 0.6) is 0 Å². The number of halogens is 1. The minimum atomic E-state index is -0.107. The fourth-order valence-electron chi connectivity index (χ4n) is 1.41. The highest BCUT2D eigenvalue weighted by atomic mass is 35.5. The molecule has 0 bridgehead atoms. The molecule has 0 unspecified atom stereocenters. The van der Waals surface area contributed by atoms with Crippen molar-refractivity contribution in [1.29, 1.82) is 0 Å². The van der Waals surface area contributed by atoms with Gasteiger partial charge in [0.25, 0.3) is 0 Å². The zero-order valence-corrected chi connectivity index (χ0v) is 10.1. The number of aryl methyl sites for hydroxylation is 1. The van der Waals surface area contributed by atoms with E-state index in [0.717, 1.165) is 5.56 Å². The first-order valence-corrected chi connectivity index (χ1v) is 5.57. The summed E-state index contributed by atoms with van der Waals surface area (Å²) in [4.78, 5) is 4.13. The van der Waals surface area contributed by atoms with E-state index in [2.05, 4.69) is 4.98 Å². The highest BCUT2D eigenvalue weighted by Gasteiger charge is 2.05. The number of hydrogen-bond donors (Lipinski definition) is 1. The van der Waals surface area contributed by atoms with Crippen molar-refractivity contribution in [3.8, 4) is 0 Å². The molecule has 0 saturated carbocycles. The SMILES string of the molecule is Cc1oc(C=Cc2ccc(Cl)cc2)nc1CO. The second-order valence-corrected chi connectivity index (χ2v) is 4.03. The van der Waals surface area contributed by atoms with Gasteiger partial charge in [-0.3, -0.25) is 0 Å². The summed E-state index contributed by atoms with van der Waals surface area (Å²) >= 11 is 5.79. The summed E-state index contributed by atoms with van der Waals surface area (Å²) in [5, 5.41) is 9.69. The molecule has 4 heteroatoms. The summed E-state index contributed by atoms with van der Waals surface area (Å²) in [7, 11) is 0. The van der Waals surface area contributed by atoms with E-state index in [1.807, 2.05) is 30.3 Å². The first-order valence-electron chi connectivity index (χ1n) is 5.20. The normalized spacial score (nSPS) is 11.2. The van der Waals surface area contributed by atoms with Crippen LogP contribution in [-0.2, 0) is 6.61 Å². The number of aromatic nitrogens is 1. The van der Waals surface area contributed by atoms with Crippen LogP contribution in [0.3, 0.4) is 0 Å². The molecule has 0 atom stereocenters. The predicted octanol–water partition coefficient (Wildman–Crippen LogP) is 3.30. The lowest BCUT2D eigenvalue weighted by Gasteiger charge is -1.92. The van der Waals surface area contributed by atoms with Gasteiger partial charge in [0, 0.05) is 11.1 Å². The summed E-state index contributed by atoms with van der Waals surface area (Å²) in [6.45, 7) is 1.67. The third kappa shape index (κ3) is 2.96. The van der Waals surface area contributed by atoms with Gasteiger partial charge < -0.3 is 9.52 Å². The highest BCUT2D eigenvalue weighted by Crippen LogP contribution is 2.14. The van der Waals surface area contributed by atoms with Gasteiger partial charge in [-0.25, -0.2) is 4.98 Å². The lowest BCUT2D eigenvalue weighted by Crippen LogP contribution is -1.84. The molecule has 0 radical (unpaired) electrons. The number of oxazole rings is 1. The van der Waals surface area contributed by atoms with E-state index in [1.54, 1.807) is 13.0 Å². The maximum atomic E-state index is 8.99. The number of aliphatic hydroxyl groups excluding tert-OH is 1. The Kier molecular flexibility index (Phi) is 3.61. The molecule has 88 valence electrons. The van der Waals surface area contributed by atoms with E-state index in [0.29, 0.717) is 22.4 Å². The first-order chi connectivity index (χ1) is 8.19. The van der Waals surface area contributed by atoms with E-state index in [4.69, 9.17) is 21.1 Å². The van der Waals surface area contributed by atoms with Gasteiger partial charge in [-0.05, 0) is 30.7 Å². The zero-order valence-electron chi connectivity index (χ0n) is 9.35. The summed E-state index contributed by atoms with van der Waals surface area (Å²) < 4.78 is 5.37. The third-order valence-corrected chi connectivity index (χ3v) is 2.60. The summed E-state index contributed by atoms with van der Waals surface area (Å²) in [5.41, 5.74) is 1.58. The van der Waals surface area contributed by atoms with Gasteiger partial charge in [0.2, 0.25) is 5.89 Å². The Morgan fingerprint density at radius 2 is 2.00 bits per heavy atom. The quantitative estimate of drug-likeness (QED) is 0.908. The lowest BCUT2D eigenvalue weighted by molar-refractivity contribution is 0.275. The van der Waals surface area contributed by atoms with Gasteiger partial charge in [0.05, 0.1) is 6.61 Å². The molecule has 17 heavy (non-hydrogen) atoms. The molecule has 0 aliphatic rings. The molecule has 1 aromatic carbocycles. The van der Waals surface area contributed by atoms with E-state index in [9.17, 15) is 0 Å². The van der Waals surface area contributed by atoms with Gasteiger partial charge in [-0.2, -0.15) is 0 Å². The molecule has 1 N–H and O–H groups in total.